The molecule has 5 heteroatoms. The van der Waals surface area contributed by atoms with Gasteiger partial charge in [-0.15, -0.1) is 0 Å². The van der Waals surface area contributed by atoms with Crippen LogP contribution in [0, 0.1) is 5.41 Å². The van der Waals surface area contributed by atoms with Gasteiger partial charge in [0, 0.05) is 38.3 Å². The summed E-state index contributed by atoms with van der Waals surface area (Å²) >= 11 is 0. The van der Waals surface area contributed by atoms with Gasteiger partial charge in [0.1, 0.15) is 0 Å². The first-order valence-electron chi connectivity index (χ1n) is 9.47. The molecular weight excluding hydrogens is 302 g/mol. The van der Waals surface area contributed by atoms with Crippen molar-refractivity contribution in [3.63, 3.8) is 0 Å². The van der Waals surface area contributed by atoms with Crippen LogP contribution in [0.2, 0.25) is 0 Å². The van der Waals surface area contributed by atoms with E-state index >= 15 is 0 Å². The highest BCUT2D eigenvalue weighted by atomic mass is 16.5. The van der Waals surface area contributed by atoms with Crippen molar-refractivity contribution >= 4 is 5.91 Å². The molecule has 0 bridgehead atoms. The Hall–Kier alpha value is -0.650. The van der Waals surface area contributed by atoms with E-state index in [4.69, 9.17) is 4.74 Å². The Morgan fingerprint density at radius 1 is 1.08 bits per heavy atom. The number of ether oxygens (including phenoxy) is 1. The molecule has 144 valence electrons. The first-order chi connectivity index (χ1) is 11.2. The molecule has 0 aromatic rings. The van der Waals surface area contributed by atoms with Crippen LogP contribution in [0.25, 0.3) is 0 Å². The number of piperazine rings is 1. The van der Waals surface area contributed by atoms with Crippen LogP contribution in [-0.2, 0) is 9.53 Å². The summed E-state index contributed by atoms with van der Waals surface area (Å²) in [6, 6.07) is 0. The number of rotatable bonds is 8. The summed E-state index contributed by atoms with van der Waals surface area (Å²) in [7, 11) is 1.82. The summed E-state index contributed by atoms with van der Waals surface area (Å²) < 4.78 is 5.63. The second-order valence-electron chi connectivity index (χ2n) is 7.69. The van der Waals surface area contributed by atoms with E-state index in [1.54, 1.807) is 0 Å². The number of carbonyl (C=O) groups excluding carboxylic acids is 1. The molecule has 1 saturated heterocycles. The molecule has 1 aliphatic heterocycles. The van der Waals surface area contributed by atoms with Gasteiger partial charge in [0.25, 0.3) is 0 Å². The normalized spacial score (nSPS) is 16.6. The average molecular weight is 344 g/mol. The van der Waals surface area contributed by atoms with Crippen molar-refractivity contribution in [2.45, 2.75) is 60.4 Å². The fourth-order valence-electron chi connectivity index (χ4n) is 3.54. The van der Waals surface area contributed by atoms with Gasteiger partial charge in [-0.05, 0) is 39.7 Å². The molecule has 1 fully saturated rings. The first kappa shape index (κ1) is 23.4. The SMILES string of the molecule is CC.CCOCC(C)(C)CC(C)(C)N1CCN(C(=O)CNC)CC1. The maximum atomic E-state index is 11.9. The van der Waals surface area contributed by atoms with E-state index < -0.39 is 0 Å². The first-order valence-corrected chi connectivity index (χ1v) is 9.47. The molecule has 5 nitrogen and oxygen atoms in total. The zero-order valence-corrected chi connectivity index (χ0v) is 17.4. The highest BCUT2D eigenvalue weighted by Crippen LogP contribution is 2.32. The minimum atomic E-state index is 0.124. The number of nitrogens with one attached hydrogen (secondary N) is 1. The van der Waals surface area contributed by atoms with Crippen molar-refractivity contribution in [3.05, 3.63) is 0 Å². The van der Waals surface area contributed by atoms with Crippen LogP contribution in [0.3, 0.4) is 0 Å². The maximum absolute atomic E-state index is 11.9. The molecule has 1 rings (SSSR count). The third-order valence-electron chi connectivity index (χ3n) is 4.42. The molecule has 24 heavy (non-hydrogen) atoms. The molecule has 0 aromatic carbocycles. The largest absolute Gasteiger partial charge is 0.381 e. The maximum Gasteiger partial charge on any atom is 0.236 e. The predicted octanol–water partition coefficient (Wildman–Crippen LogP) is 2.61. The molecule has 0 radical (unpaired) electrons. The van der Waals surface area contributed by atoms with Crippen molar-refractivity contribution in [3.8, 4) is 0 Å². The van der Waals surface area contributed by atoms with Gasteiger partial charge in [-0.2, -0.15) is 0 Å². The second kappa shape index (κ2) is 11.1. The number of carbonyl (C=O) groups is 1. The lowest BCUT2D eigenvalue weighted by Crippen LogP contribution is -2.57. The van der Waals surface area contributed by atoms with Crippen LogP contribution in [0.5, 0.6) is 0 Å². The molecule has 0 aromatic heterocycles. The smallest absolute Gasteiger partial charge is 0.236 e. The summed E-state index contributed by atoms with van der Waals surface area (Å²) in [5, 5.41) is 2.94. The Labute approximate surface area is 150 Å². The fraction of sp³-hybridized carbons (Fsp3) is 0.947. The summed E-state index contributed by atoms with van der Waals surface area (Å²) in [6.07, 6.45) is 1.09. The van der Waals surface area contributed by atoms with E-state index in [9.17, 15) is 4.79 Å². The van der Waals surface area contributed by atoms with Crippen molar-refractivity contribution < 1.29 is 9.53 Å². The molecular formula is C19H41N3O2. The van der Waals surface area contributed by atoms with E-state index in [0.717, 1.165) is 45.8 Å². The van der Waals surface area contributed by atoms with E-state index in [1.165, 1.54) is 0 Å². The molecule has 1 N–H and O–H groups in total. The Morgan fingerprint density at radius 2 is 1.62 bits per heavy atom. The van der Waals surface area contributed by atoms with Gasteiger partial charge in [-0.25, -0.2) is 0 Å². The van der Waals surface area contributed by atoms with Gasteiger partial charge in [0.15, 0.2) is 0 Å². The number of likely N-dealkylation sites (N-methyl/N-ethyl adjacent to an activating group) is 1. The molecule has 0 unspecified atom stereocenters. The lowest BCUT2D eigenvalue weighted by molar-refractivity contribution is -0.133. The van der Waals surface area contributed by atoms with Crippen molar-refractivity contribution in [1.82, 2.24) is 15.1 Å². The zero-order valence-electron chi connectivity index (χ0n) is 17.4. The Kier molecular flexibility index (Phi) is 10.8. The summed E-state index contributed by atoms with van der Waals surface area (Å²) in [5.41, 5.74) is 0.289. The van der Waals surface area contributed by atoms with Crippen molar-refractivity contribution in [1.29, 1.82) is 0 Å². The van der Waals surface area contributed by atoms with Crippen LogP contribution in [0.1, 0.15) is 54.9 Å². The van der Waals surface area contributed by atoms with Gasteiger partial charge in [-0.1, -0.05) is 27.7 Å². The monoisotopic (exact) mass is 343 g/mol. The van der Waals surface area contributed by atoms with Crippen LogP contribution >= 0.6 is 0 Å². The number of amides is 1. The second-order valence-corrected chi connectivity index (χ2v) is 7.69. The third-order valence-corrected chi connectivity index (χ3v) is 4.42. The molecule has 1 aliphatic rings. The molecule has 1 heterocycles. The van der Waals surface area contributed by atoms with Crippen molar-refractivity contribution in [2.75, 3.05) is 53.0 Å². The quantitative estimate of drug-likeness (QED) is 0.736. The van der Waals surface area contributed by atoms with E-state index in [-0.39, 0.29) is 16.9 Å². The number of hydrogen-bond acceptors (Lipinski definition) is 4. The zero-order chi connectivity index (χ0) is 18.8. The van der Waals surface area contributed by atoms with Gasteiger partial charge in [0.05, 0.1) is 13.2 Å². The molecule has 0 aliphatic carbocycles. The standard InChI is InChI=1S/C17H35N3O2.C2H6/c1-7-22-14-16(2,3)13-17(4,5)20-10-8-19(9-11-20)15(21)12-18-6;1-2/h18H,7-14H2,1-6H3;1-2H3. The lowest BCUT2D eigenvalue weighted by Gasteiger charge is -2.47. The van der Waals surface area contributed by atoms with Gasteiger partial charge in [-0.3, -0.25) is 9.69 Å². The Balaban J connectivity index is 0.00000254. The van der Waals surface area contributed by atoms with Crippen LogP contribution < -0.4 is 5.32 Å². The van der Waals surface area contributed by atoms with Crippen LogP contribution in [0.15, 0.2) is 0 Å². The van der Waals surface area contributed by atoms with Gasteiger partial charge < -0.3 is 15.0 Å². The van der Waals surface area contributed by atoms with Crippen LogP contribution in [-0.4, -0.2) is 74.2 Å². The fourth-order valence-corrected chi connectivity index (χ4v) is 3.54. The van der Waals surface area contributed by atoms with Gasteiger partial charge in [0.2, 0.25) is 5.91 Å². The van der Waals surface area contributed by atoms with Crippen molar-refractivity contribution in [2.24, 2.45) is 5.41 Å². The van der Waals surface area contributed by atoms with E-state index in [2.05, 4.69) is 37.9 Å². The predicted molar refractivity (Wildman–Crippen MR) is 102 cm³/mol. The minimum absolute atomic E-state index is 0.124. The third kappa shape index (κ3) is 7.95. The highest BCUT2D eigenvalue weighted by Gasteiger charge is 2.35. The Morgan fingerprint density at radius 3 is 2.08 bits per heavy atom. The lowest BCUT2D eigenvalue weighted by atomic mass is 9.79. The van der Waals surface area contributed by atoms with E-state index in [0.29, 0.717) is 6.54 Å². The summed E-state index contributed by atoms with van der Waals surface area (Å²) in [4.78, 5) is 16.4. The summed E-state index contributed by atoms with van der Waals surface area (Å²) in [6.45, 7) is 20.8. The minimum Gasteiger partial charge on any atom is -0.381 e. The molecule has 1 amide bonds. The summed E-state index contributed by atoms with van der Waals surface area (Å²) in [5.74, 6) is 0.205. The molecule has 0 spiro atoms. The molecule has 0 atom stereocenters. The number of nitrogens with zero attached hydrogens (tertiary/aromatic N) is 2. The van der Waals surface area contributed by atoms with E-state index in [1.807, 2.05) is 32.7 Å². The highest BCUT2D eigenvalue weighted by molar-refractivity contribution is 5.78. The average Bonchev–Trinajstić information content (AvgIpc) is 2.54. The Bertz CT molecular complexity index is 349. The van der Waals surface area contributed by atoms with Crippen LogP contribution in [0.4, 0.5) is 0 Å². The number of hydrogen-bond donors (Lipinski definition) is 1. The topological polar surface area (TPSA) is 44.8 Å². The van der Waals surface area contributed by atoms with Gasteiger partial charge >= 0.3 is 0 Å². The molecule has 0 saturated carbocycles.